The van der Waals surface area contributed by atoms with Crippen LogP contribution in [0.15, 0.2) is 65.5 Å². The van der Waals surface area contributed by atoms with Crippen molar-refractivity contribution in [2.45, 2.75) is 19.0 Å². The SMILES string of the molecule is CC1CN(c2c(Cl)c(=O)n(C)c3ccc(C#N)nc23)CCN1C(c1ccc(Cl)cc1)c1ccc(Cl)cc1. The summed E-state index contributed by atoms with van der Waals surface area (Å²) in [4.78, 5) is 22.0. The van der Waals surface area contributed by atoms with Crippen LogP contribution in [-0.2, 0) is 7.05 Å². The zero-order valence-electron chi connectivity index (χ0n) is 20.3. The molecule has 2 aromatic heterocycles. The quantitative estimate of drug-likeness (QED) is 0.308. The van der Waals surface area contributed by atoms with Crippen LogP contribution in [0.3, 0.4) is 0 Å². The Morgan fingerprint density at radius 1 is 0.946 bits per heavy atom. The molecule has 5 rings (SSSR count). The monoisotopic (exact) mass is 551 g/mol. The molecule has 2 aromatic carbocycles. The van der Waals surface area contributed by atoms with Gasteiger partial charge >= 0.3 is 0 Å². The summed E-state index contributed by atoms with van der Waals surface area (Å²) in [6.07, 6.45) is 0. The van der Waals surface area contributed by atoms with E-state index in [9.17, 15) is 10.1 Å². The Balaban J connectivity index is 1.54. The van der Waals surface area contributed by atoms with Crippen molar-refractivity contribution in [3.8, 4) is 6.07 Å². The minimum absolute atomic E-state index is 0.00846. The van der Waals surface area contributed by atoms with Crippen LogP contribution in [0.2, 0.25) is 15.1 Å². The van der Waals surface area contributed by atoms with Gasteiger partial charge in [0, 0.05) is 42.8 Å². The van der Waals surface area contributed by atoms with E-state index in [4.69, 9.17) is 34.8 Å². The molecule has 0 radical (unpaired) electrons. The first-order valence-electron chi connectivity index (χ1n) is 11.9. The van der Waals surface area contributed by atoms with Gasteiger partial charge in [0.25, 0.3) is 5.56 Å². The smallest absolute Gasteiger partial charge is 0.271 e. The second-order valence-corrected chi connectivity index (χ2v) is 10.5. The molecule has 0 bridgehead atoms. The topological polar surface area (TPSA) is 65.2 Å². The molecule has 1 aliphatic heterocycles. The lowest BCUT2D eigenvalue weighted by Crippen LogP contribution is -2.53. The van der Waals surface area contributed by atoms with Gasteiger partial charge in [-0.05, 0) is 54.4 Å². The van der Waals surface area contributed by atoms with E-state index in [1.165, 1.54) is 4.57 Å². The van der Waals surface area contributed by atoms with Crippen LogP contribution in [0.1, 0.15) is 29.8 Å². The molecular formula is C28H24Cl3N5O. The average Bonchev–Trinajstić information content (AvgIpc) is 2.90. The highest BCUT2D eigenvalue weighted by molar-refractivity contribution is 6.34. The van der Waals surface area contributed by atoms with Gasteiger partial charge in [0.05, 0.1) is 17.2 Å². The first kappa shape index (κ1) is 25.6. The molecule has 1 fully saturated rings. The molecule has 37 heavy (non-hydrogen) atoms. The van der Waals surface area contributed by atoms with Crippen LogP contribution in [0, 0.1) is 11.3 Å². The van der Waals surface area contributed by atoms with E-state index in [0.29, 0.717) is 46.4 Å². The first-order valence-corrected chi connectivity index (χ1v) is 13.0. The van der Waals surface area contributed by atoms with Crippen molar-refractivity contribution in [1.82, 2.24) is 14.5 Å². The van der Waals surface area contributed by atoms with E-state index < -0.39 is 0 Å². The van der Waals surface area contributed by atoms with Crippen molar-refractivity contribution in [3.63, 3.8) is 0 Å². The predicted octanol–water partition coefficient (Wildman–Crippen LogP) is 6.07. The molecule has 6 nitrogen and oxygen atoms in total. The number of halogens is 3. The van der Waals surface area contributed by atoms with Crippen molar-refractivity contribution < 1.29 is 0 Å². The minimum Gasteiger partial charge on any atom is -0.366 e. The standard InChI is InChI=1S/C28H24Cl3N5O/c1-17-16-35(27-24(31)28(37)34(2)23-12-11-22(15-32)33-25(23)27)13-14-36(17)26(18-3-7-20(29)8-4-18)19-5-9-21(30)10-6-19/h3-12,17,26H,13-14,16H2,1-2H3. The lowest BCUT2D eigenvalue weighted by Gasteiger charge is -2.45. The number of piperazine rings is 1. The minimum atomic E-state index is -0.286. The van der Waals surface area contributed by atoms with Crippen LogP contribution in [0.4, 0.5) is 5.69 Å². The molecule has 3 heterocycles. The van der Waals surface area contributed by atoms with Crippen molar-refractivity contribution >= 4 is 51.5 Å². The second kappa shape index (κ2) is 10.4. The maximum atomic E-state index is 13.0. The number of rotatable bonds is 4. The molecule has 188 valence electrons. The normalized spacial score (nSPS) is 16.4. The molecule has 0 N–H and O–H groups in total. The van der Waals surface area contributed by atoms with E-state index in [2.05, 4.69) is 52.0 Å². The highest BCUT2D eigenvalue weighted by Crippen LogP contribution is 2.36. The molecule has 1 unspecified atom stereocenters. The summed E-state index contributed by atoms with van der Waals surface area (Å²) >= 11 is 19.0. The summed E-state index contributed by atoms with van der Waals surface area (Å²) < 4.78 is 1.48. The maximum Gasteiger partial charge on any atom is 0.271 e. The molecule has 0 spiro atoms. The lowest BCUT2D eigenvalue weighted by atomic mass is 9.94. The summed E-state index contributed by atoms with van der Waals surface area (Å²) in [6.45, 7) is 4.12. The van der Waals surface area contributed by atoms with Crippen LogP contribution >= 0.6 is 34.8 Å². The highest BCUT2D eigenvalue weighted by atomic mass is 35.5. The van der Waals surface area contributed by atoms with Crippen molar-refractivity contribution in [1.29, 1.82) is 5.26 Å². The predicted molar refractivity (Wildman–Crippen MR) is 150 cm³/mol. The number of fused-ring (bicyclic) bond motifs is 1. The number of nitriles is 1. The Morgan fingerprint density at radius 3 is 2.08 bits per heavy atom. The fourth-order valence-electron chi connectivity index (χ4n) is 5.13. The molecule has 0 saturated carbocycles. The van der Waals surface area contributed by atoms with Crippen LogP contribution < -0.4 is 10.5 Å². The van der Waals surface area contributed by atoms with Crippen molar-refractivity contribution in [2.75, 3.05) is 24.5 Å². The van der Waals surface area contributed by atoms with E-state index in [0.717, 1.165) is 11.1 Å². The fourth-order valence-corrected chi connectivity index (χ4v) is 5.72. The van der Waals surface area contributed by atoms with E-state index in [1.54, 1.807) is 19.2 Å². The maximum absolute atomic E-state index is 13.0. The Kier molecular flexibility index (Phi) is 7.15. The summed E-state index contributed by atoms with van der Waals surface area (Å²) in [5.74, 6) is 0. The molecule has 0 amide bonds. The van der Waals surface area contributed by atoms with Gasteiger partial charge in [-0.1, -0.05) is 59.1 Å². The van der Waals surface area contributed by atoms with Gasteiger partial charge in [0.15, 0.2) is 0 Å². The highest BCUT2D eigenvalue weighted by Gasteiger charge is 2.33. The van der Waals surface area contributed by atoms with Crippen LogP contribution in [-0.4, -0.2) is 40.1 Å². The van der Waals surface area contributed by atoms with E-state index in [1.807, 2.05) is 24.3 Å². The summed E-state index contributed by atoms with van der Waals surface area (Å²) in [5.41, 5.74) is 4.02. The zero-order valence-corrected chi connectivity index (χ0v) is 22.6. The number of pyridine rings is 2. The van der Waals surface area contributed by atoms with Gasteiger partial charge in [0.1, 0.15) is 22.3 Å². The number of anilines is 1. The van der Waals surface area contributed by atoms with E-state index >= 15 is 0 Å². The van der Waals surface area contributed by atoms with Crippen LogP contribution in [0.25, 0.3) is 11.0 Å². The number of hydrogen-bond acceptors (Lipinski definition) is 5. The zero-order chi connectivity index (χ0) is 26.3. The molecule has 9 heteroatoms. The first-order chi connectivity index (χ1) is 17.8. The molecule has 1 aliphatic rings. The number of aryl methyl sites for hydroxylation is 1. The summed E-state index contributed by atoms with van der Waals surface area (Å²) in [7, 11) is 1.66. The Bertz CT molecular complexity index is 1520. The van der Waals surface area contributed by atoms with Gasteiger partial charge in [-0.2, -0.15) is 5.26 Å². The molecule has 1 saturated heterocycles. The van der Waals surface area contributed by atoms with Crippen molar-refractivity contribution in [2.24, 2.45) is 7.05 Å². The number of nitrogens with zero attached hydrogens (tertiary/aromatic N) is 5. The van der Waals surface area contributed by atoms with Crippen LogP contribution in [0.5, 0.6) is 0 Å². The third kappa shape index (κ3) is 4.81. The van der Waals surface area contributed by atoms with Crippen molar-refractivity contribution in [3.05, 3.63) is 103 Å². The largest absolute Gasteiger partial charge is 0.366 e. The third-order valence-electron chi connectivity index (χ3n) is 6.97. The second-order valence-electron chi connectivity index (χ2n) is 9.24. The van der Waals surface area contributed by atoms with Gasteiger partial charge in [-0.25, -0.2) is 4.98 Å². The fraction of sp³-hybridized carbons (Fsp3) is 0.250. The Hall–Kier alpha value is -3.08. The van der Waals surface area contributed by atoms with Gasteiger partial charge < -0.3 is 9.47 Å². The van der Waals surface area contributed by atoms with Gasteiger partial charge in [0.2, 0.25) is 0 Å². The average molecular weight is 553 g/mol. The molecular weight excluding hydrogens is 529 g/mol. The number of hydrogen-bond donors (Lipinski definition) is 0. The van der Waals surface area contributed by atoms with Gasteiger partial charge in [-0.15, -0.1) is 0 Å². The Labute approximate surface area is 230 Å². The number of benzene rings is 2. The Morgan fingerprint density at radius 2 is 1.54 bits per heavy atom. The molecule has 0 aliphatic carbocycles. The van der Waals surface area contributed by atoms with E-state index in [-0.39, 0.29) is 28.4 Å². The van der Waals surface area contributed by atoms with Gasteiger partial charge in [-0.3, -0.25) is 9.69 Å². The number of aromatic nitrogens is 2. The molecule has 1 atom stereocenters. The molecule has 4 aromatic rings. The summed E-state index contributed by atoms with van der Waals surface area (Å²) in [6, 6.07) is 21.4. The summed E-state index contributed by atoms with van der Waals surface area (Å²) in [5, 5.41) is 10.9. The lowest BCUT2D eigenvalue weighted by molar-refractivity contribution is 0.150. The third-order valence-corrected chi connectivity index (χ3v) is 7.82.